The number of aromatic nitrogens is 1. The van der Waals surface area contributed by atoms with Gasteiger partial charge in [-0.2, -0.15) is 0 Å². The molecule has 0 amide bonds. The Morgan fingerprint density at radius 2 is 1.46 bits per heavy atom. The molecule has 0 unspecified atom stereocenters. The Morgan fingerprint density at radius 1 is 0.808 bits per heavy atom. The maximum atomic E-state index is 4.86. The van der Waals surface area contributed by atoms with E-state index in [2.05, 4.69) is 98.0 Å². The summed E-state index contributed by atoms with van der Waals surface area (Å²) < 4.78 is 1.54. The van der Waals surface area contributed by atoms with Crippen molar-refractivity contribution in [3.63, 3.8) is 0 Å². The fourth-order valence-corrected chi connectivity index (χ4v) is 6.76. The van der Waals surface area contributed by atoms with Crippen LogP contribution in [0.15, 0.2) is 66.9 Å². The predicted molar refractivity (Wildman–Crippen MR) is 117 cm³/mol. The van der Waals surface area contributed by atoms with Crippen LogP contribution in [0.5, 0.6) is 0 Å². The number of hydrogen-bond acceptors (Lipinski definition) is 1. The Labute approximate surface area is 160 Å². The van der Waals surface area contributed by atoms with Crippen molar-refractivity contribution < 1.29 is 0 Å². The standard InChI is InChI=1S/C24H29GeN/c1-18(2)14-22-16-24(26-17-23(22)25(3,4)5)21-13-9-12-20(15-21)19-10-7-6-8-11-19/h6-13,15-18H,14H2,1-5H3. The molecule has 0 radical (unpaired) electrons. The van der Waals surface area contributed by atoms with Gasteiger partial charge >= 0.3 is 161 Å². The molecule has 2 heteroatoms. The van der Waals surface area contributed by atoms with Crippen molar-refractivity contribution in [1.82, 2.24) is 4.98 Å². The number of pyridine rings is 1. The first-order valence-corrected chi connectivity index (χ1v) is 16.8. The summed E-state index contributed by atoms with van der Waals surface area (Å²) in [4.78, 5) is 4.86. The predicted octanol–water partition coefficient (Wildman–Crippen LogP) is 6.16. The van der Waals surface area contributed by atoms with E-state index in [1.807, 2.05) is 0 Å². The molecule has 0 spiro atoms. The molecule has 3 aromatic rings. The monoisotopic (exact) mass is 405 g/mol. The van der Waals surface area contributed by atoms with Crippen LogP contribution in [0.2, 0.25) is 17.3 Å². The Morgan fingerprint density at radius 3 is 2.12 bits per heavy atom. The third-order valence-corrected chi connectivity index (χ3v) is 9.03. The molecule has 2 aromatic carbocycles. The zero-order chi connectivity index (χ0) is 18.7. The van der Waals surface area contributed by atoms with Gasteiger partial charge < -0.3 is 0 Å². The van der Waals surface area contributed by atoms with E-state index >= 15 is 0 Å². The van der Waals surface area contributed by atoms with Gasteiger partial charge in [0.15, 0.2) is 0 Å². The average molecular weight is 404 g/mol. The molecular formula is C24H29GeN. The summed E-state index contributed by atoms with van der Waals surface area (Å²) in [5.41, 5.74) is 6.28. The average Bonchev–Trinajstić information content (AvgIpc) is 2.61. The Hall–Kier alpha value is -1.87. The van der Waals surface area contributed by atoms with Crippen LogP contribution in [0.4, 0.5) is 0 Å². The number of benzene rings is 2. The second kappa shape index (κ2) is 7.79. The van der Waals surface area contributed by atoms with Gasteiger partial charge in [0.25, 0.3) is 0 Å². The molecule has 0 saturated heterocycles. The van der Waals surface area contributed by atoms with Crippen molar-refractivity contribution in [2.24, 2.45) is 5.92 Å². The van der Waals surface area contributed by atoms with Gasteiger partial charge in [0.05, 0.1) is 0 Å². The van der Waals surface area contributed by atoms with Crippen molar-refractivity contribution in [1.29, 1.82) is 0 Å². The van der Waals surface area contributed by atoms with Crippen molar-refractivity contribution in [3.8, 4) is 22.4 Å². The molecular weight excluding hydrogens is 375 g/mol. The van der Waals surface area contributed by atoms with Crippen LogP contribution in [-0.2, 0) is 6.42 Å². The molecule has 26 heavy (non-hydrogen) atoms. The zero-order valence-corrected chi connectivity index (χ0v) is 18.7. The second-order valence-corrected chi connectivity index (χ2v) is 19.1. The molecule has 134 valence electrons. The van der Waals surface area contributed by atoms with Crippen LogP contribution in [0.1, 0.15) is 19.4 Å². The minimum atomic E-state index is -1.92. The van der Waals surface area contributed by atoms with Crippen LogP contribution in [0.25, 0.3) is 22.4 Å². The Bertz CT molecular complexity index is 876. The topological polar surface area (TPSA) is 12.9 Å². The van der Waals surface area contributed by atoms with Gasteiger partial charge in [-0.1, -0.05) is 0 Å². The summed E-state index contributed by atoms with van der Waals surface area (Å²) in [6, 6.07) is 21.6. The molecule has 0 aliphatic rings. The molecule has 0 fully saturated rings. The van der Waals surface area contributed by atoms with E-state index in [9.17, 15) is 0 Å². The third kappa shape index (κ3) is 4.45. The summed E-state index contributed by atoms with van der Waals surface area (Å²) in [7, 11) is 0. The number of nitrogens with zero attached hydrogens (tertiary/aromatic N) is 1. The number of rotatable bonds is 5. The summed E-state index contributed by atoms with van der Waals surface area (Å²) in [5, 5.41) is 0. The molecule has 0 atom stereocenters. The maximum absolute atomic E-state index is 4.86. The van der Waals surface area contributed by atoms with Gasteiger partial charge in [0, 0.05) is 0 Å². The van der Waals surface area contributed by atoms with Crippen LogP contribution in [-0.4, -0.2) is 18.3 Å². The first kappa shape index (κ1) is 18.9. The van der Waals surface area contributed by atoms with Crippen molar-refractivity contribution in [2.45, 2.75) is 37.5 Å². The summed E-state index contributed by atoms with van der Waals surface area (Å²) >= 11 is -1.92. The molecule has 0 aliphatic carbocycles. The van der Waals surface area contributed by atoms with E-state index in [0.29, 0.717) is 5.92 Å². The van der Waals surface area contributed by atoms with Crippen molar-refractivity contribution in [3.05, 3.63) is 72.4 Å². The minimum absolute atomic E-state index is 0.657. The van der Waals surface area contributed by atoms with Crippen LogP contribution in [0.3, 0.4) is 0 Å². The first-order chi connectivity index (χ1) is 12.3. The van der Waals surface area contributed by atoms with Crippen LogP contribution < -0.4 is 4.40 Å². The fourth-order valence-electron chi connectivity index (χ4n) is 3.43. The normalized spacial score (nSPS) is 11.8. The van der Waals surface area contributed by atoms with Gasteiger partial charge in [-0.25, -0.2) is 0 Å². The molecule has 1 heterocycles. The van der Waals surface area contributed by atoms with Crippen LogP contribution in [0, 0.1) is 5.92 Å². The first-order valence-electron chi connectivity index (χ1n) is 9.50. The van der Waals surface area contributed by atoms with Gasteiger partial charge in [0.1, 0.15) is 0 Å². The summed E-state index contributed by atoms with van der Waals surface area (Å²) in [6.07, 6.45) is 3.30. The van der Waals surface area contributed by atoms with Crippen molar-refractivity contribution in [2.75, 3.05) is 0 Å². The Kier molecular flexibility index (Phi) is 5.67. The van der Waals surface area contributed by atoms with Gasteiger partial charge in [-0.3, -0.25) is 0 Å². The van der Waals surface area contributed by atoms with E-state index in [0.717, 1.165) is 12.1 Å². The van der Waals surface area contributed by atoms with Crippen molar-refractivity contribution >= 4 is 17.7 Å². The SMILES string of the molecule is CC(C)Cc1cc(-c2cccc(-c3ccccc3)c2)nc[c]1[Ge]([CH3])([CH3])[CH3]. The van der Waals surface area contributed by atoms with E-state index in [-0.39, 0.29) is 0 Å². The van der Waals surface area contributed by atoms with E-state index in [1.54, 1.807) is 4.40 Å². The summed E-state index contributed by atoms with van der Waals surface area (Å²) in [6.45, 7) is 4.60. The molecule has 0 N–H and O–H groups in total. The molecule has 0 bridgehead atoms. The molecule has 0 saturated carbocycles. The number of hydrogen-bond donors (Lipinski definition) is 0. The fraction of sp³-hybridized carbons (Fsp3) is 0.292. The van der Waals surface area contributed by atoms with E-state index in [1.165, 1.54) is 22.3 Å². The third-order valence-electron chi connectivity index (χ3n) is 4.69. The molecule has 1 nitrogen and oxygen atoms in total. The molecule has 0 aliphatic heterocycles. The van der Waals surface area contributed by atoms with Gasteiger partial charge in [-0.05, 0) is 0 Å². The molecule has 1 aromatic heterocycles. The van der Waals surface area contributed by atoms with Crippen LogP contribution >= 0.6 is 0 Å². The second-order valence-electron chi connectivity index (χ2n) is 8.52. The van der Waals surface area contributed by atoms with Gasteiger partial charge in [-0.15, -0.1) is 0 Å². The van der Waals surface area contributed by atoms with E-state index < -0.39 is 13.3 Å². The zero-order valence-electron chi connectivity index (χ0n) is 16.6. The summed E-state index contributed by atoms with van der Waals surface area (Å²) in [5.74, 6) is 8.02. The quantitative estimate of drug-likeness (QED) is 0.465. The Balaban J connectivity index is 2.04. The molecule has 3 rings (SSSR count). The van der Waals surface area contributed by atoms with Gasteiger partial charge in [0.2, 0.25) is 0 Å². The van der Waals surface area contributed by atoms with E-state index in [4.69, 9.17) is 4.98 Å².